The highest BCUT2D eigenvalue weighted by Gasteiger charge is 2.02. The molecule has 0 unspecified atom stereocenters. The topological polar surface area (TPSA) is 88.7 Å². The molecule has 0 atom stereocenters. The van der Waals surface area contributed by atoms with Crippen molar-refractivity contribution in [2.75, 3.05) is 26.7 Å². The molecule has 0 aliphatic carbocycles. The van der Waals surface area contributed by atoms with Gasteiger partial charge >= 0.3 is 0 Å². The predicted octanol–water partition coefficient (Wildman–Crippen LogP) is 3.01. The second-order valence-electron chi connectivity index (χ2n) is 7.57. The van der Waals surface area contributed by atoms with Crippen LogP contribution >= 0.6 is 0 Å². The van der Waals surface area contributed by atoms with Gasteiger partial charge in [0, 0.05) is 20.1 Å². The minimum Gasteiger partial charge on any atom is -0.484 e. The lowest BCUT2D eigenvalue weighted by Crippen LogP contribution is -2.38. The lowest BCUT2D eigenvalue weighted by atomic mass is 10.0. The number of amides is 1. The van der Waals surface area contributed by atoms with Crippen molar-refractivity contribution in [2.24, 2.45) is 10.7 Å². The van der Waals surface area contributed by atoms with Crippen molar-refractivity contribution in [1.29, 1.82) is 0 Å². The van der Waals surface area contributed by atoms with Crippen LogP contribution < -0.4 is 21.1 Å². The van der Waals surface area contributed by atoms with Crippen molar-refractivity contribution in [1.82, 2.24) is 10.6 Å². The molecule has 4 N–H and O–H groups in total. The molecular weight excluding hydrogens is 376 g/mol. The summed E-state index contributed by atoms with van der Waals surface area (Å²) in [5.74, 6) is 1.54. The summed E-state index contributed by atoms with van der Waals surface area (Å²) in [5, 5.41) is 6.70. The van der Waals surface area contributed by atoms with Gasteiger partial charge in [0.2, 0.25) is 0 Å². The number of nitrogens with zero attached hydrogens (tertiary/aromatic N) is 1. The number of carbonyl (C=O) groups excluding carboxylic acids is 1. The highest BCUT2D eigenvalue weighted by atomic mass is 16.5. The first-order chi connectivity index (χ1) is 14.5. The monoisotopic (exact) mass is 410 g/mol. The van der Waals surface area contributed by atoms with E-state index in [0.29, 0.717) is 11.7 Å². The lowest BCUT2D eigenvalue weighted by molar-refractivity contribution is -0.119. The Morgan fingerprint density at radius 2 is 1.57 bits per heavy atom. The molecule has 1 amide bonds. The predicted molar refractivity (Wildman–Crippen MR) is 123 cm³/mol. The molecule has 0 aliphatic rings. The van der Waals surface area contributed by atoms with Gasteiger partial charge in [-0.3, -0.25) is 9.79 Å². The Kier molecular flexibility index (Phi) is 9.71. The molecule has 2 rings (SSSR count). The van der Waals surface area contributed by atoms with E-state index in [1.54, 1.807) is 7.05 Å². The Hall–Kier alpha value is -3.02. The van der Waals surface area contributed by atoms with E-state index in [1.807, 2.05) is 24.3 Å². The van der Waals surface area contributed by atoms with Crippen molar-refractivity contribution in [3.63, 3.8) is 0 Å². The molecule has 0 saturated carbocycles. The van der Waals surface area contributed by atoms with Crippen LogP contribution in [0.1, 0.15) is 42.9 Å². The quantitative estimate of drug-likeness (QED) is 0.302. The summed E-state index contributed by atoms with van der Waals surface area (Å²) in [6, 6.07) is 16.6. The van der Waals surface area contributed by atoms with E-state index in [2.05, 4.69) is 53.7 Å². The summed E-state index contributed by atoms with van der Waals surface area (Å²) in [7, 11) is 1.78. The third kappa shape index (κ3) is 8.55. The molecule has 0 spiro atoms. The van der Waals surface area contributed by atoms with Crippen LogP contribution in [0.15, 0.2) is 53.5 Å². The first kappa shape index (κ1) is 23.3. The van der Waals surface area contributed by atoms with Crippen LogP contribution in [0, 0.1) is 0 Å². The maximum Gasteiger partial charge on any atom is 0.255 e. The Labute approximate surface area is 179 Å². The highest BCUT2D eigenvalue weighted by molar-refractivity contribution is 5.79. The zero-order valence-electron chi connectivity index (χ0n) is 18.3. The van der Waals surface area contributed by atoms with Crippen LogP contribution in [0.5, 0.6) is 5.75 Å². The van der Waals surface area contributed by atoms with E-state index in [4.69, 9.17) is 10.5 Å². The maximum atomic E-state index is 10.7. The second kappa shape index (κ2) is 12.5. The number of nitrogens with two attached hydrogens (primary N) is 1. The van der Waals surface area contributed by atoms with E-state index in [1.165, 1.54) is 16.7 Å². The fourth-order valence-electron chi connectivity index (χ4n) is 3.02. The number of guanidine groups is 1. The van der Waals surface area contributed by atoms with E-state index in [-0.39, 0.29) is 6.61 Å². The number of aliphatic imine (C=N–C) groups is 1. The zero-order chi connectivity index (χ0) is 21.8. The summed E-state index contributed by atoms with van der Waals surface area (Å²) in [6.45, 7) is 5.97. The van der Waals surface area contributed by atoms with Crippen LogP contribution in [0.2, 0.25) is 0 Å². The Morgan fingerprint density at radius 1 is 0.967 bits per heavy atom. The standard InChI is InChI=1S/C24H34N4O2/c1-18(2)21-10-6-19(7-11-21)5-4-15-27-24(26-3)28-16-14-20-8-12-22(13-9-20)30-17-23(25)29/h6-13,18H,4-5,14-17H2,1-3H3,(H2,25,29)(H2,26,27,28). The van der Waals surface area contributed by atoms with E-state index < -0.39 is 5.91 Å². The highest BCUT2D eigenvalue weighted by Crippen LogP contribution is 2.15. The Morgan fingerprint density at radius 3 is 2.17 bits per heavy atom. The van der Waals surface area contributed by atoms with Crippen molar-refractivity contribution in [3.05, 3.63) is 65.2 Å². The van der Waals surface area contributed by atoms with Crippen LogP contribution in [0.3, 0.4) is 0 Å². The number of carbonyl (C=O) groups is 1. The Bertz CT molecular complexity index is 799. The van der Waals surface area contributed by atoms with Crippen LogP contribution in [-0.2, 0) is 17.6 Å². The number of nitrogens with one attached hydrogen (secondary N) is 2. The molecule has 0 aliphatic heterocycles. The van der Waals surface area contributed by atoms with E-state index >= 15 is 0 Å². The fraction of sp³-hybridized carbons (Fsp3) is 0.417. The Balaban J connectivity index is 1.64. The van der Waals surface area contributed by atoms with Crippen molar-refractivity contribution in [3.8, 4) is 5.75 Å². The van der Waals surface area contributed by atoms with Crippen molar-refractivity contribution in [2.45, 2.75) is 39.0 Å². The van der Waals surface area contributed by atoms with Crippen molar-refractivity contribution < 1.29 is 9.53 Å². The summed E-state index contributed by atoms with van der Waals surface area (Å²) in [6.07, 6.45) is 2.96. The van der Waals surface area contributed by atoms with Gasteiger partial charge in [-0.2, -0.15) is 0 Å². The van der Waals surface area contributed by atoms with Gasteiger partial charge < -0.3 is 21.1 Å². The smallest absolute Gasteiger partial charge is 0.255 e. The maximum absolute atomic E-state index is 10.7. The van der Waals surface area contributed by atoms with E-state index in [9.17, 15) is 4.79 Å². The van der Waals surface area contributed by atoms with Gasteiger partial charge in [-0.05, 0) is 54.0 Å². The molecular formula is C24H34N4O2. The lowest BCUT2D eigenvalue weighted by Gasteiger charge is -2.12. The number of hydrogen-bond donors (Lipinski definition) is 3. The molecule has 0 heterocycles. The normalized spacial score (nSPS) is 11.4. The van der Waals surface area contributed by atoms with Crippen LogP contribution in [-0.4, -0.2) is 38.6 Å². The van der Waals surface area contributed by atoms with E-state index in [0.717, 1.165) is 38.3 Å². The summed E-state index contributed by atoms with van der Waals surface area (Å²) >= 11 is 0. The molecule has 0 saturated heterocycles. The minimum atomic E-state index is -0.480. The number of hydrogen-bond acceptors (Lipinski definition) is 3. The molecule has 2 aromatic carbocycles. The first-order valence-electron chi connectivity index (χ1n) is 10.5. The first-order valence-corrected chi connectivity index (χ1v) is 10.5. The summed E-state index contributed by atoms with van der Waals surface area (Å²) < 4.78 is 5.27. The number of rotatable bonds is 11. The fourth-order valence-corrected chi connectivity index (χ4v) is 3.02. The molecule has 0 aromatic heterocycles. The SMILES string of the molecule is CN=C(NCCCc1ccc(C(C)C)cc1)NCCc1ccc(OCC(N)=O)cc1. The molecule has 162 valence electrons. The number of ether oxygens (including phenoxy) is 1. The van der Waals surface area contributed by atoms with Gasteiger partial charge in [0.15, 0.2) is 12.6 Å². The third-order valence-electron chi connectivity index (χ3n) is 4.82. The van der Waals surface area contributed by atoms with Crippen LogP contribution in [0.4, 0.5) is 0 Å². The number of benzene rings is 2. The minimum absolute atomic E-state index is 0.105. The van der Waals surface area contributed by atoms with Crippen LogP contribution in [0.25, 0.3) is 0 Å². The molecule has 0 fully saturated rings. The largest absolute Gasteiger partial charge is 0.484 e. The third-order valence-corrected chi connectivity index (χ3v) is 4.82. The zero-order valence-corrected chi connectivity index (χ0v) is 18.3. The molecule has 0 radical (unpaired) electrons. The molecule has 6 heteroatoms. The number of aryl methyl sites for hydroxylation is 1. The van der Waals surface area contributed by atoms with Gasteiger partial charge in [-0.25, -0.2) is 0 Å². The molecule has 6 nitrogen and oxygen atoms in total. The molecule has 30 heavy (non-hydrogen) atoms. The average Bonchev–Trinajstić information content (AvgIpc) is 2.75. The summed E-state index contributed by atoms with van der Waals surface area (Å²) in [4.78, 5) is 15.0. The van der Waals surface area contributed by atoms with Gasteiger partial charge in [-0.1, -0.05) is 50.2 Å². The average molecular weight is 411 g/mol. The molecule has 0 bridgehead atoms. The van der Waals surface area contributed by atoms with Gasteiger partial charge in [0.1, 0.15) is 5.75 Å². The summed E-state index contributed by atoms with van der Waals surface area (Å²) in [5.41, 5.74) is 9.00. The number of primary amides is 1. The van der Waals surface area contributed by atoms with Crippen molar-refractivity contribution >= 4 is 11.9 Å². The molecule has 2 aromatic rings. The second-order valence-corrected chi connectivity index (χ2v) is 7.57. The van der Waals surface area contributed by atoms with Gasteiger partial charge in [0.25, 0.3) is 5.91 Å². The van der Waals surface area contributed by atoms with Gasteiger partial charge in [0.05, 0.1) is 0 Å². The van der Waals surface area contributed by atoms with Gasteiger partial charge in [-0.15, -0.1) is 0 Å².